The minimum Gasteiger partial charge on any atom is -0.306 e. The number of ketones is 1. The summed E-state index contributed by atoms with van der Waals surface area (Å²) in [6.07, 6.45) is 15.0. The fourth-order valence-electron chi connectivity index (χ4n) is 7.57. The summed E-state index contributed by atoms with van der Waals surface area (Å²) in [7, 11) is 0. The van der Waals surface area contributed by atoms with E-state index in [4.69, 9.17) is 5.10 Å². The average molecular weight is 398 g/mol. The van der Waals surface area contributed by atoms with Crippen molar-refractivity contribution in [2.45, 2.75) is 110 Å². The lowest BCUT2D eigenvalue weighted by Crippen LogP contribution is -2.51. The average Bonchev–Trinajstić information content (AvgIpc) is 3.35. The van der Waals surface area contributed by atoms with Gasteiger partial charge in [-0.25, -0.2) is 0 Å². The Morgan fingerprint density at radius 1 is 1.07 bits per heavy atom. The Labute approximate surface area is 176 Å². The molecule has 0 aromatic carbocycles. The number of carbonyl (C=O) groups excluding carboxylic acids is 1. The zero-order chi connectivity index (χ0) is 20.2. The standard InChI is InChI=1S/C25H39N3O/c1-24(2)17-13-14-25(3,15-17)23(24)26-16-21(29)22-19-11-7-8-12-20(19)28(27-22)18-9-5-4-6-10-18/h17-18,23,26H,4-16H2,1-3H3. The summed E-state index contributed by atoms with van der Waals surface area (Å²) in [6.45, 7) is 7.70. The van der Waals surface area contributed by atoms with E-state index >= 15 is 0 Å². The van der Waals surface area contributed by atoms with Crippen molar-refractivity contribution < 1.29 is 4.79 Å². The van der Waals surface area contributed by atoms with E-state index in [9.17, 15) is 4.79 Å². The second-order valence-corrected chi connectivity index (χ2v) is 11.4. The maximum Gasteiger partial charge on any atom is 0.197 e. The number of rotatable bonds is 5. The minimum absolute atomic E-state index is 0.222. The fraction of sp³-hybridized carbons (Fsp3) is 0.840. The summed E-state index contributed by atoms with van der Waals surface area (Å²) in [5.74, 6) is 1.03. The lowest BCUT2D eigenvalue weighted by molar-refractivity contribution is 0.0886. The summed E-state index contributed by atoms with van der Waals surface area (Å²) >= 11 is 0. The molecule has 4 heteroatoms. The van der Waals surface area contributed by atoms with Crippen molar-refractivity contribution in [1.82, 2.24) is 15.1 Å². The van der Waals surface area contributed by atoms with Crippen LogP contribution in [0.2, 0.25) is 0 Å². The van der Waals surface area contributed by atoms with Gasteiger partial charge in [0.2, 0.25) is 0 Å². The highest BCUT2D eigenvalue weighted by Gasteiger charge is 2.59. The number of aromatic nitrogens is 2. The molecule has 0 saturated heterocycles. The quantitative estimate of drug-likeness (QED) is 0.690. The molecular formula is C25H39N3O. The van der Waals surface area contributed by atoms with Crippen LogP contribution in [0.25, 0.3) is 0 Å². The SMILES string of the molecule is CC12CCC(C1)C(C)(C)C2NCC(=O)c1nn(C2CCCCC2)c2c1CCCC2. The lowest BCUT2D eigenvalue weighted by Gasteiger charge is -2.43. The summed E-state index contributed by atoms with van der Waals surface area (Å²) < 4.78 is 2.30. The van der Waals surface area contributed by atoms with E-state index < -0.39 is 0 Å². The van der Waals surface area contributed by atoms with E-state index in [1.54, 1.807) is 0 Å². The van der Waals surface area contributed by atoms with Gasteiger partial charge in [-0.05, 0) is 74.5 Å². The van der Waals surface area contributed by atoms with Gasteiger partial charge in [-0.1, -0.05) is 40.0 Å². The molecule has 4 aliphatic carbocycles. The maximum atomic E-state index is 13.4. The van der Waals surface area contributed by atoms with Crippen LogP contribution in [-0.2, 0) is 12.8 Å². The number of fused-ring (bicyclic) bond motifs is 3. The molecule has 0 radical (unpaired) electrons. The molecule has 160 valence electrons. The zero-order valence-corrected chi connectivity index (χ0v) is 18.7. The molecule has 0 spiro atoms. The Kier molecular flexibility index (Phi) is 4.92. The third-order valence-electron chi connectivity index (χ3n) is 9.13. The molecule has 4 aliphatic rings. The number of nitrogens with zero attached hydrogens (tertiary/aromatic N) is 2. The number of hydrogen-bond acceptors (Lipinski definition) is 3. The Hall–Kier alpha value is -1.16. The van der Waals surface area contributed by atoms with Crippen LogP contribution >= 0.6 is 0 Å². The minimum atomic E-state index is 0.222. The first kappa shape index (κ1) is 19.8. The molecule has 4 nitrogen and oxygen atoms in total. The lowest BCUT2D eigenvalue weighted by atomic mass is 9.68. The molecule has 0 aliphatic heterocycles. The van der Waals surface area contributed by atoms with Crippen molar-refractivity contribution in [2.75, 3.05) is 6.54 Å². The topological polar surface area (TPSA) is 46.9 Å². The second-order valence-electron chi connectivity index (χ2n) is 11.4. The van der Waals surface area contributed by atoms with Gasteiger partial charge < -0.3 is 5.32 Å². The highest BCUT2D eigenvalue weighted by Crippen LogP contribution is 2.62. The van der Waals surface area contributed by atoms with Gasteiger partial charge >= 0.3 is 0 Å². The van der Waals surface area contributed by atoms with E-state index in [0.29, 0.717) is 24.0 Å². The molecule has 5 rings (SSSR count). The molecule has 0 amide bonds. The van der Waals surface area contributed by atoms with Crippen LogP contribution in [0.3, 0.4) is 0 Å². The monoisotopic (exact) mass is 397 g/mol. The molecule has 3 atom stereocenters. The Bertz CT molecular complexity index is 783. The number of hydrogen-bond donors (Lipinski definition) is 1. The van der Waals surface area contributed by atoms with Gasteiger partial charge in [0.05, 0.1) is 12.6 Å². The predicted molar refractivity (Wildman–Crippen MR) is 116 cm³/mol. The molecule has 3 unspecified atom stereocenters. The van der Waals surface area contributed by atoms with Gasteiger partial charge in [0, 0.05) is 17.3 Å². The predicted octanol–water partition coefficient (Wildman–Crippen LogP) is 5.25. The fourth-order valence-corrected chi connectivity index (χ4v) is 7.57. The number of carbonyl (C=O) groups is 1. The molecule has 1 aromatic rings. The Morgan fingerprint density at radius 3 is 2.55 bits per heavy atom. The third-order valence-corrected chi connectivity index (χ3v) is 9.13. The smallest absolute Gasteiger partial charge is 0.197 e. The first-order valence-electron chi connectivity index (χ1n) is 12.3. The van der Waals surface area contributed by atoms with Crippen LogP contribution < -0.4 is 5.32 Å². The second kappa shape index (κ2) is 7.21. The largest absolute Gasteiger partial charge is 0.306 e. The highest BCUT2D eigenvalue weighted by molar-refractivity contribution is 5.97. The number of nitrogens with one attached hydrogen (secondary N) is 1. The van der Waals surface area contributed by atoms with Crippen LogP contribution in [0, 0.1) is 16.7 Å². The van der Waals surface area contributed by atoms with Crippen molar-refractivity contribution >= 4 is 5.78 Å². The summed E-state index contributed by atoms with van der Waals surface area (Å²) in [6, 6.07) is 0.961. The van der Waals surface area contributed by atoms with Gasteiger partial charge in [-0.2, -0.15) is 5.10 Å². The van der Waals surface area contributed by atoms with Crippen molar-refractivity contribution in [3.63, 3.8) is 0 Å². The van der Waals surface area contributed by atoms with Gasteiger partial charge in [0.25, 0.3) is 0 Å². The molecule has 3 saturated carbocycles. The molecule has 2 bridgehead atoms. The van der Waals surface area contributed by atoms with Gasteiger partial charge in [0.1, 0.15) is 5.69 Å². The van der Waals surface area contributed by atoms with E-state index in [-0.39, 0.29) is 11.2 Å². The maximum absolute atomic E-state index is 13.4. The van der Waals surface area contributed by atoms with Crippen molar-refractivity contribution in [3.8, 4) is 0 Å². The van der Waals surface area contributed by atoms with E-state index in [1.165, 1.54) is 75.5 Å². The highest BCUT2D eigenvalue weighted by atomic mass is 16.1. The van der Waals surface area contributed by atoms with Crippen LogP contribution in [-0.4, -0.2) is 28.2 Å². The zero-order valence-electron chi connectivity index (χ0n) is 18.7. The first-order valence-corrected chi connectivity index (χ1v) is 12.3. The van der Waals surface area contributed by atoms with E-state index in [1.807, 2.05) is 0 Å². The normalized spacial score (nSPS) is 33.8. The van der Waals surface area contributed by atoms with E-state index in [2.05, 4.69) is 30.8 Å². The van der Waals surface area contributed by atoms with Crippen molar-refractivity contribution in [1.29, 1.82) is 0 Å². The van der Waals surface area contributed by atoms with Gasteiger partial charge in [-0.3, -0.25) is 9.48 Å². The summed E-state index contributed by atoms with van der Waals surface area (Å²) in [5.41, 5.74) is 4.11. The molecule has 1 aromatic heterocycles. The van der Waals surface area contributed by atoms with Crippen LogP contribution in [0.4, 0.5) is 0 Å². The third kappa shape index (κ3) is 3.21. The Morgan fingerprint density at radius 2 is 1.83 bits per heavy atom. The van der Waals surface area contributed by atoms with Crippen LogP contribution in [0.1, 0.15) is 113 Å². The Balaban J connectivity index is 1.35. The van der Waals surface area contributed by atoms with Crippen LogP contribution in [0.15, 0.2) is 0 Å². The molecule has 1 heterocycles. The molecule has 1 N–H and O–H groups in total. The summed E-state index contributed by atoms with van der Waals surface area (Å²) in [4.78, 5) is 13.4. The van der Waals surface area contributed by atoms with Crippen molar-refractivity contribution in [2.24, 2.45) is 16.7 Å². The van der Waals surface area contributed by atoms with Crippen molar-refractivity contribution in [3.05, 3.63) is 17.0 Å². The van der Waals surface area contributed by atoms with Gasteiger partial charge in [0.15, 0.2) is 5.78 Å². The first-order chi connectivity index (χ1) is 13.9. The molecule has 3 fully saturated rings. The van der Waals surface area contributed by atoms with Gasteiger partial charge in [-0.15, -0.1) is 0 Å². The molecule has 29 heavy (non-hydrogen) atoms. The number of Topliss-reactive ketones (excluding diaryl/α,β-unsaturated/α-hetero) is 1. The molecular weight excluding hydrogens is 358 g/mol. The van der Waals surface area contributed by atoms with Crippen LogP contribution in [0.5, 0.6) is 0 Å². The summed E-state index contributed by atoms with van der Waals surface area (Å²) in [5, 5.41) is 8.73. The van der Waals surface area contributed by atoms with E-state index in [0.717, 1.165) is 24.5 Å².